The molecule has 6 heteroatoms. The lowest BCUT2D eigenvalue weighted by atomic mass is 10.1. The van der Waals surface area contributed by atoms with E-state index in [1.807, 2.05) is 0 Å². The summed E-state index contributed by atoms with van der Waals surface area (Å²) in [5.41, 5.74) is 6.18. The summed E-state index contributed by atoms with van der Waals surface area (Å²) in [5.74, 6) is 0.278. The summed E-state index contributed by atoms with van der Waals surface area (Å²) in [7, 11) is 2.86. The van der Waals surface area contributed by atoms with Crippen LogP contribution in [0.3, 0.4) is 0 Å². The van der Waals surface area contributed by atoms with E-state index in [9.17, 15) is 4.39 Å². The Labute approximate surface area is 97.3 Å². The van der Waals surface area contributed by atoms with Crippen molar-refractivity contribution in [3.05, 3.63) is 24.0 Å². The van der Waals surface area contributed by atoms with E-state index in [0.29, 0.717) is 11.4 Å². The molecule has 0 saturated carbocycles. The zero-order valence-electron chi connectivity index (χ0n) is 9.45. The van der Waals surface area contributed by atoms with Crippen molar-refractivity contribution in [2.75, 3.05) is 20.0 Å². The number of hydrogen-bond acceptors (Lipinski definition) is 4. The summed E-state index contributed by atoms with van der Waals surface area (Å²) in [6.45, 7) is 0. The smallest absolute Gasteiger partial charge is 0.178 e. The minimum atomic E-state index is -0.518. The second-order valence-electron chi connectivity index (χ2n) is 3.37. The Morgan fingerprint density at radius 2 is 1.88 bits per heavy atom. The second kappa shape index (κ2) is 4.32. The maximum absolute atomic E-state index is 14.1. The molecule has 0 amide bonds. The molecular weight excluding hydrogens is 225 g/mol. The Hall–Kier alpha value is -2.24. The zero-order valence-corrected chi connectivity index (χ0v) is 9.45. The van der Waals surface area contributed by atoms with Crippen LogP contribution in [0.4, 0.5) is 10.2 Å². The monoisotopic (exact) mass is 237 g/mol. The fraction of sp³-hybridized carbons (Fsp3) is 0.182. The first-order chi connectivity index (χ1) is 8.17. The molecule has 0 spiro atoms. The third kappa shape index (κ3) is 1.89. The molecule has 0 aliphatic rings. The molecule has 0 aliphatic carbocycles. The molecule has 0 aliphatic heterocycles. The number of H-pyrrole nitrogens is 1. The molecule has 0 bridgehead atoms. The van der Waals surface area contributed by atoms with Crippen molar-refractivity contribution in [1.29, 1.82) is 0 Å². The van der Waals surface area contributed by atoms with Gasteiger partial charge in [-0.3, -0.25) is 5.10 Å². The first-order valence-corrected chi connectivity index (χ1v) is 4.89. The molecule has 0 saturated heterocycles. The molecule has 0 radical (unpaired) electrons. The van der Waals surface area contributed by atoms with Crippen molar-refractivity contribution in [3.8, 4) is 22.8 Å². The van der Waals surface area contributed by atoms with E-state index >= 15 is 0 Å². The van der Waals surface area contributed by atoms with Crippen LogP contribution in [0.1, 0.15) is 0 Å². The van der Waals surface area contributed by atoms with E-state index < -0.39 is 5.82 Å². The predicted octanol–water partition coefficient (Wildman–Crippen LogP) is 1.82. The number of anilines is 1. The fourth-order valence-corrected chi connectivity index (χ4v) is 1.58. The Balaban J connectivity index is 2.64. The fourth-order valence-electron chi connectivity index (χ4n) is 1.58. The summed E-state index contributed by atoms with van der Waals surface area (Å²) in [6, 6.07) is 4.64. The van der Waals surface area contributed by atoms with Crippen molar-refractivity contribution in [2.45, 2.75) is 0 Å². The molecule has 0 fully saturated rings. The van der Waals surface area contributed by atoms with Crippen LogP contribution in [0.25, 0.3) is 11.3 Å². The van der Waals surface area contributed by atoms with Gasteiger partial charge < -0.3 is 15.2 Å². The van der Waals surface area contributed by atoms with Gasteiger partial charge in [0.25, 0.3) is 0 Å². The average Bonchev–Trinajstić information content (AvgIpc) is 2.75. The van der Waals surface area contributed by atoms with Gasteiger partial charge in [-0.25, -0.2) is 4.39 Å². The van der Waals surface area contributed by atoms with Gasteiger partial charge in [0, 0.05) is 6.07 Å². The van der Waals surface area contributed by atoms with E-state index in [4.69, 9.17) is 15.2 Å². The molecule has 0 unspecified atom stereocenters. The van der Waals surface area contributed by atoms with Gasteiger partial charge in [-0.15, -0.1) is 0 Å². The molecular formula is C11H12FN3O2. The highest BCUT2D eigenvalue weighted by Crippen LogP contribution is 2.36. The molecule has 2 aromatic rings. The third-order valence-electron chi connectivity index (χ3n) is 2.38. The maximum atomic E-state index is 14.1. The van der Waals surface area contributed by atoms with Gasteiger partial charge in [0.05, 0.1) is 25.5 Å². The van der Waals surface area contributed by atoms with E-state index in [1.54, 1.807) is 6.07 Å². The molecule has 17 heavy (non-hydrogen) atoms. The lowest BCUT2D eigenvalue weighted by Crippen LogP contribution is -1.96. The lowest BCUT2D eigenvalue weighted by molar-refractivity contribution is 0.379. The number of ether oxygens (including phenoxy) is 2. The first-order valence-electron chi connectivity index (χ1n) is 4.89. The van der Waals surface area contributed by atoms with Gasteiger partial charge in [0.2, 0.25) is 0 Å². The van der Waals surface area contributed by atoms with Crippen LogP contribution in [0.5, 0.6) is 11.5 Å². The van der Waals surface area contributed by atoms with Crippen LogP contribution >= 0.6 is 0 Å². The van der Waals surface area contributed by atoms with Crippen LogP contribution in [0.15, 0.2) is 18.2 Å². The van der Waals surface area contributed by atoms with Gasteiger partial charge in [-0.2, -0.15) is 5.10 Å². The third-order valence-corrected chi connectivity index (χ3v) is 2.38. The van der Waals surface area contributed by atoms with E-state index in [-0.39, 0.29) is 17.1 Å². The van der Waals surface area contributed by atoms with Gasteiger partial charge in [0.1, 0.15) is 11.6 Å². The summed E-state index contributed by atoms with van der Waals surface area (Å²) >= 11 is 0. The number of aromatic nitrogens is 2. The van der Waals surface area contributed by atoms with Crippen molar-refractivity contribution < 1.29 is 13.9 Å². The van der Waals surface area contributed by atoms with E-state index in [1.165, 1.54) is 26.4 Å². The highest BCUT2D eigenvalue weighted by molar-refractivity contribution is 5.71. The number of rotatable bonds is 3. The second-order valence-corrected chi connectivity index (χ2v) is 3.37. The minimum Gasteiger partial charge on any atom is -0.496 e. The van der Waals surface area contributed by atoms with Crippen molar-refractivity contribution in [1.82, 2.24) is 10.2 Å². The van der Waals surface area contributed by atoms with Gasteiger partial charge in [-0.05, 0) is 12.1 Å². The van der Waals surface area contributed by atoms with Crippen LogP contribution < -0.4 is 15.2 Å². The number of halogens is 1. The van der Waals surface area contributed by atoms with Crippen LogP contribution in [-0.4, -0.2) is 24.4 Å². The zero-order chi connectivity index (χ0) is 12.4. The molecule has 5 nitrogen and oxygen atoms in total. The predicted molar refractivity (Wildman–Crippen MR) is 61.5 cm³/mol. The molecule has 3 N–H and O–H groups in total. The Bertz CT molecular complexity index is 540. The normalized spacial score (nSPS) is 10.3. The van der Waals surface area contributed by atoms with Gasteiger partial charge in [-0.1, -0.05) is 0 Å². The Morgan fingerprint density at radius 3 is 2.41 bits per heavy atom. The van der Waals surface area contributed by atoms with Crippen molar-refractivity contribution in [3.63, 3.8) is 0 Å². The average molecular weight is 237 g/mol. The summed E-state index contributed by atoms with van der Waals surface area (Å²) in [5, 5.41) is 6.39. The minimum absolute atomic E-state index is 0.133. The number of methoxy groups -OCH3 is 2. The Morgan fingerprint density at radius 1 is 1.24 bits per heavy atom. The number of nitrogens with two attached hydrogens (primary N) is 1. The number of aromatic amines is 1. The van der Waals surface area contributed by atoms with Crippen molar-refractivity contribution in [2.24, 2.45) is 0 Å². The topological polar surface area (TPSA) is 73.2 Å². The molecule has 1 aromatic carbocycles. The number of nitrogen functional groups attached to an aromatic ring is 1. The summed E-state index contributed by atoms with van der Waals surface area (Å²) in [6.07, 6.45) is 0. The number of benzene rings is 1. The Kier molecular flexibility index (Phi) is 2.86. The quantitative estimate of drug-likeness (QED) is 0.853. The highest BCUT2D eigenvalue weighted by Gasteiger charge is 2.18. The van der Waals surface area contributed by atoms with Crippen LogP contribution in [-0.2, 0) is 0 Å². The van der Waals surface area contributed by atoms with Gasteiger partial charge >= 0.3 is 0 Å². The van der Waals surface area contributed by atoms with Crippen LogP contribution in [0, 0.1) is 5.82 Å². The van der Waals surface area contributed by atoms with E-state index in [0.717, 1.165) is 0 Å². The molecule has 1 aromatic heterocycles. The SMILES string of the molecule is COc1ccc(OC)c(-c2cc(N)n[nH]2)c1F. The molecule has 90 valence electrons. The number of hydrogen-bond donors (Lipinski definition) is 2. The summed E-state index contributed by atoms with van der Waals surface area (Å²) < 4.78 is 24.1. The number of nitrogens with one attached hydrogen (secondary N) is 1. The highest BCUT2D eigenvalue weighted by atomic mass is 19.1. The summed E-state index contributed by atoms with van der Waals surface area (Å²) in [4.78, 5) is 0. The first kappa shape index (κ1) is 11.3. The maximum Gasteiger partial charge on any atom is 0.178 e. The molecule has 0 atom stereocenters. The molecule has 2 rings (SSSR count). The lowest BCUT2D eigenvalue weighted by Gasteiger charge is -2.10. The van der Waals surface area contributed by atoms with Crippen LogP contribution in [0.2, 0.25) is 0 Å². The van der Waals surface area contributed by atoms with E-state index in [2.05, 4.69) is 10.2 Å². The standard InChI is InChI=1S/C11H12FN3O2/c1-16-7-3-4-8(17-2)11(12)10(7)6-5-9(13)15-14-6/h3-5H,1-2H3,(H3,13,14,15). The largest absolute Gasteiger partial charge is 0.496 e. The molecule has 1 heterocycles. The van der Waals surface area contributed by atoms with Crippen molar-refractivity contribution >= 4 is 5.82 Å². The van der Waals surface area contributed by atoms with Gasteiger partial charge in [0.15, 0.2) is 11.6 Å². The number of nitrogens with zero attached hydrogens (tertiary/aromatic N) is 1.